The zero-order valence-electron chi connectivity index (χ0n) is 20.9. The minimum absolute atomic E-state index is 0.0208. The van der Waals surface area contributed by atoms with E-state index in [1.54, 1.807) is 24.3 Å². The lowest BCUT2D eigenvalue weighted by molar-refractivity contribution is -0.131. The molecular formula is C27H28N4O6S. The van der Waals surface area contributed by atoms with Gasteiger partial charge in [0.25, 0.3) is 0 Å². The van der Waals surface area contributed by atoms with E-state index >= 15 is 0 Å². The smallest absolute Gasteiger partial charge is 0.323 e. The molecule has 10 nitrogen and oxygen atoms in total. The highest BCUT2D eigenvalue weighted by Crippen LogP contribution is 2.28. The Hall–Kier alpha value is -4.22. The molecule has 4 rings (SSSR count). The molecule has 0 radical (unpaired) electrons. The van der Waals surface area contributed by atoms with Gasteiger partial charge in [-0.1, -0.05) is 17.7 Å². The molecule has 0 aliphatic carbocycles. The number of benzene rings is 3. The molecule has 1 saturated heterocycles. The van der Waals surface area contributed by atoms with Gasteiger partial charge in [-0.3, -0.25) is 9.59 Å². The first-order valence-electron chi connectivity index (χ1n) is 12.0. The number of hydrogen-bond acceptors (Lipinski definition) is 6. The van der Waals surface area contributed by atoms with Gasteiger partial charge in [0.1, 0.15) is 11.8 Å². The molecule has 3 amide bonds. The van der Waals surface area contributed by atoms with Crippen LogP contribution < -0.4 is 20.7 Å². The number of anilines is 3. The summed E-state index contributed by atoms with van der Waals surface area (Å²) in [4.78, 5) is 36.3. The highest BCUT2D eigenvalue weighted by molar-refractivity contribution is 7.89. The normalized spacial score (nSPS) is 15.5. The summed E-state index contributed by atoms with van der Waals surface area (Å²) in [5.41, 5.74) is 2.57. The van der Waals surface area contributed by atoms with Crippen LogP contribution in [0.25, 0.3) is 0 Å². The third-order valence-electron chi connectivity index (χ3n) is 5.92. The molecule has 3 aromatic rings. The number of nitrogens with one attached hydrogen (secondary N) is 3. The summed E-state index contributed by atoms with van der Waals surface area (Å²) < 4.78 is 32.9. The Balaban J connectivity index is 1.39. The van der Waals surface area contributed by atoms with E-state index in [-0.39, 0.29) is 11.4 Å². The Morgan fingerprint density at radius 2 is 1.34 bits per heavy atom. The predicted octanol–water partition coefficient (Wildman–Crippen LogP) is 4.36. The molecule has 0 spiro atoms. The average Bonchev–Trinajstić information content (AvgIpc) is 3.38. The van der Waals surface area contributed by atoms with Crippen molar-refractivity contribution in [3.8, 4) is 5.75 Å². The van der Waals surface area contributed by atoms with Crippen LogP contribution in [0, 0.1) is 6.92 Å². The van der Waals surface area contributed by atoms with Gasteiger partial charge in [0.15, 0.2) is 0 Å². The highest BCUT2D eigenvalue weighted by Gasteiger charge is 2.39. The van der Waals surface area contributed by atoms with Crippen LogP contribution >= 0.6 is 0 Å². The van der Waals surface area contributed by atoms with Crippen molar-refractivity contribution in [2.24, 2.45) is 0 Å². The zero-order chi connectivity index (χ0) is 27.3. The molecule has 1 aliphatic heterocycles. The Bertz CT molecular complexity index is 1420. The molecule has 3 N–H and O–H groups in total. The van der Waals surface area contributed by atoms with E-state index in [9.17, 15) is 22.8 Å². The van der Waals surface area contributed by atoms with Crippen molar-refractivity contribution in [2.45, 2.75) is 37.6 Å². The van der Waals surface area contributed by atoms with Gasteiger partial charge >= 0.3 is 12.0 Å². The lowest BCUT2D eigenvalue weighted by atomic mass is 10.2. The maximum absolute atomic E-state index is 13.3. The van der Waals surface area contributed by atoms with Crippen LogP contribution in [0.5, 0.6) is 5.75 Å². The fourth-order valence-corrected chi connectivity index (χ4v) is 5.72. The molecule has 38 heavy (non-hydrogen) atoms. The van der Waals surface area contributed by atoms with Crippen LogP contribution in [0.1, 0.15) is 25.3 Å². The van der Waals surface area contributed by atoms with E-state index in [0.717, 1.165) is 5.56 Å². The van der Waals surface area contributed by atoms with E-state index in [2.05, 4.69) is 16.0 Å². The molecule has 0 unspecified atom stereocenters. The molecule has 1 aliphatic rings. The van der Waals surface area contributed by atoms with Crippen molar-refractivity contribution < 1.29 is 27.5 Å². The molecule has 11 heteroatoms. The third-order valence-corrected chi connectivity index (χ3v) is 7.84. The maximum atomic E-state index is 13.3. The first-order valence-corrected chi connectivity index (χ1v) is 13.4. The number of urea groups is 1. The Morgan fingerprint density at radius 1 is 0.816 bits per heavy atom. The number of esters is 1. The lowest BCUT2D eigenvalue weighted by Crippen LogP contribution is -2.43. The van der Waals surface area contributed by atoms with Gasteiger partial charge in [-0.15, -0.1) is 0 Å². The quantitative estimate of drug-likeness (QED) is 0.304. The number of sulfonamides is 1. The summed E-state index contributed by atoms with van der Waals surface area (Å²) in [6, 6.07) is 18.0. The van der Waals surface area contributed by atoms with Crippen LogP contribution in [0.3, 0.4) is 0 Å². The summed E-state index contributed by atoms with van der Waals surface area (Å²) in [5.74, 6) is -0.563. The Kier molecular flexibility index (Phi) is 8.08. The summed E-state index contributed by atoms with van der Waals surface area (Å²) >= 11 is 0. The van der Waals surface area contributed by atoms with Crippen LogP contribution in [0.4, 0.5) is 21.9 Å². The highest BCUT2D eigenvalue weighted by atomic mass is 32.2. The van der Waals surface area contributed by atoms with E-state index in [0.29, 0.717) is 35.7 Å². The maximum Gasteiger partial charge on any atom is 0.323 e. The van der Waals surface area contributed by atoms with Crippen molar-refractivity contribution in [1.29, 1.82) is 0 Å². The van der Waals surface area contributed by atoms with E-state index in [1.807, 2.05) is 19.1 Å². The summed E-state index contributed by atoms with van der Waals surface area (Å²) in [7, 11) is -3.96. The molecule has 0 aromatic heterocycles. The summed E-state index contributed by atoms with van der Waals surface area (Å²) in [5, 5.41) is 8.12. The fraction of sp³-hybridized carbons (Fsp3) is 0.222. The number of carbonyl (C=O) groups is 3. The van der Waals surface area contributed by atoms with Gasteiger partial charge in [-0.05, 0) is 80.4 Å². The van der Waals surface area contributed by atoms with E-state index in [4.69, 9.17) is 4.74 Å². The van der Waals surface area contributed by atoms with Crippen molar-refractivity contribution in [3.05, 3.63) is 78.4 Å². The monoisotopic (exact) mass is 536 g/mol. The molecular weight excluding hydrogens is 508 g/mol. The Labute approximate surface area is 221 Å². The molecule has 0 saturated carbocycles. The van der Waals surface area contributed by atoms with Gasteiger partial charge in [-0.25, -0.2) is 13.2 Å². The topological polar surface area (TPSA) is 134 Å². The van der Waals surface area contributed by atoms with Gasteiger partial charge in [-0.2, -0.15) is 4.31 Å². The van der Waals surface area contributed by atoms with Crippen LogP contribution in [0.2, 0.25) is 0 Å². The largest absolute Gasteiger partial charge is 0.427 e. The number of aryl methyl sites for hydroxylation is 1. The number of rotatable bonds is 7. The Morgan fingerprint density at radius 3 is 1.92 bits per heavy atom. The fourth-order valence-electron chi connectivity index (χ4n) is 4.06. The van der Waals surface area contributed by atoms with Crippen molar-refractivity contribution in [1.82, 2.24) is 4.31 Å². The number of carbonyl (C=O) groups excluding carboxylic acids is 3. The number of amides is 3. The predicted molar refractivity (Wildman–Crippen MR) is 144 cm³/mol. The minimum Gasteiger partial charge on any atom is -0.427 e. The van der Waals surface area contributed by atoms with Crippen LogP contribution in [-0.4, -0.2) is 43.2 Å². The lowest BCUT2D eigenvalue weighted by Gasteiger charge is -2.23. The van der Waals surface area contributed by atoms with Gasteiger partial charge in [0, 0.05) is 30.5 Å². The number of nitrogens with zero attached hydrogens (tertiary/aromatic N) is 1. The average molecular weight is 537 g/mol. The van der Waals surface area contributed by atoms with E-state index < -0.39 is 34.0 Å². The second-order valence-electron chi connectivity index (χ2n) is 8.85. The second kappa shape index (κ2) is 11.4. The molecule has 1 heterocycles. The van der Waals surface area contributed by atoms with E-state index in [1.165, 1.54) is 47.6 Å². The second-order valence-corrected chi connectivity index (χ2v) is 10.7. The van der Waals surface area contributed by atoms with Gasteiger partial charge < -0.3 is 20.7 Å². The SMILES string of the molecule is CC(=O)Oc1ccc(NC(=O)[C@@H]2CCCN2S(=O)(=O)c2ccc(NC(=O)Nc3ccc(C)cc3)cc2)cc1. The number of hydrogen-bond donors (Lipinski definition) is 3. The standard InChI is InChI=1S/C27H28N4O6S/c1-18-5-7-21(8-6-18)29-27(34)30-22-11-15-24(16-12-22)38(35,36)31-17-3-4-25(31)26(33)28-20-9-13-23(14-10-20)37-19(2)32/h5-16,25H,3-4,17H2,1-2H3,(H,28,33)(H2,29,30,34)/t25-/m0/s1. The first-order chi connectivity index (χ1) is 18.1. The van der Waals surface area contributed by atoms with Gasteiger partial charge in [0.2, 0.25) is 15.9 Å². The third kappa shape index (κ3) is 6.55. The van der Waals surface area contributed by atoms with Crippen LogP contribution in [0.15, 0.2) is 77.7 Å². The van der Waals surface area contributed by atoms with Crippen LogP contribution in [-0.2, 0) is 19.6 Å². The van der Waals surface area contributed by atoms with Crippen molar-refractivity contribution in [3.63, 3.8) is 0 Å². The summed E-state index contributed by atoms with van der Waals surface area (Å²) in [6.45, 7) is 3.45. The van der Waals surface area contributed by atoms with Crippen molar-refractivity contribution >= 4 is 45.0 Å². The first kappa shape index (κ1) is 26.8. The minimum atomic E-state index is -3.96. The zero-order valence-corrected chi connectivity index (χ0v) is 21.7. The molecule has 1 fully saturated rings. The molecule has 198 valence electrons. The molecule has 1 atom stereocenters. The van der Waals surface area contributed by atoms with Crippen molar-refractivity contribution in [2.75, 3.05) is 22.5 Å². The number of ether oxygens (including phenoxy) is 1. The van der Waals surface area contributed by atoms with Gasteiger partial charge in [0.05, 0.1) is 4.90 Å². The molecule has 3 aromatic carbocycles. The molecule has 0 bridgehead atoms. The summed E-state index contributed by atoms with van der Waals surface area (Å²) in [6.07, 6.45) is 0.928.